The molecule has 0 saturated carbocycles. The van der Waals surface area contributed by atoms with Crippen molar-refractivity contribution in [2.45, 2.75) is 52.0 Å². The van der Waals surface area contributed by atoms with Crippen molar-refractivity contribution in [1.82, 2.24) is 15.5 Å². The predicted octanol–water partition coefficient (Wildman–Crippen LogP) is 2.47. The van der Waals surface area contributed by atoms with E-state index in [4.69, 9.17) is 4.42 Å². The molecule has 1 saturated heterocycles. The van der Waals surface area contributed by atoms with Crippen LogP contribution in [0.5, 0.6) is 0 Å². The van der Waals surface area contributed by atoms with Crippen molar-refractivity contribution in [2.75, 3.05) is 6.54 Å². The molecule has 0 amide bonds. The lowest BCUT2D eigenvalue weighted by atomic mass is 10.1. The highest BCUT2D eigenvalue weighted by Gasteiger charge is 2.19. The lowest BCUT2D eigenvalue weighted by Gasteiger charge is -2.10. The third kappa shape index (κ3) is 3.04. The van der Waals surface area contributed by atoms with E-state index in [1.807, 2.05) is 0 Å². The summed E-state index contributed by atoms with van der Waals surface area (Å²) in [5.41, 5.74) is 0. The zero-order valence-corrected chi connectivity index (χ0v) is 10.2. The first-order valence-corrected chi connectivity index (χ1v) is 6.31. The smallest absolute Gasteiger partial charge is 0.233 e. The highest BCUT2D eigenvalue weighted by molar-refractivity contribution is 4.91. The molecule has 1 atom stereocenters. The van der Waals surface area contributed by atoms with Gasteiger partial charge in [-0.25, -0.2) is 0 Å². The second kappa shape index (κ2) is 5.43. The molecule has 4 nitrogen and oxygen atoms in total. The summed E-state index contributed by atoms with van der Waals surface area (Å²) in [7, 11) is 0. The minimum Gasteiger partial charge on any atom is -0.424 e. The summed E-state index contributed by atoms with van der Waals surface area (Å²) in [6, 6.07) is 0.274. The Morgan fingerprint density at radius 1 is 1.31 bits per heavy atom. The van der Waals surface area contributed by atoms with Crippen LogP contribution in [0.3, 0.4) is 0 Å². The molecule has 16 heavy (non-hydrogen) atoms. The lowest BCUT2D eigenvalue weighted by molar-refractivity contribution is 0.366. The summed E-state index contributed by atoms with van der Waals surface area (Å²) in [5.74, 6) is 2.11. The van der Waals surface area contributed by atoms with Gasteiger partial charge in [-0.05, 0) is 25.3 Å². The van der Waals surface area contributed by atoms with E-state index in [-0.39, 0.29) is 6.04 Å². The Hall–Kier alpha value is -0.900. The standard InChI is InChI=1S/C12H21N3O/c1-9(2)8-11-14-15-12(16-11)10-6-4-3-5-7-13-10/h9-10,13H,3-8H2,1-2H3. The summed E-state index contributed by atoms with van der Waals surface area (Å²) in [4.78, 5) is 0. The number of nitrogens with zero attached hydrogens (tertiary/aromatic N) is 2. The first kappa shape index (κ1) is 11.6. The first-order valence-electron chi connectivity index (χ1n) is 6.31. The van der Waals surface area contributed by atoms with E-state index >= 15 is 0 Å². The van der Waals surface area contributed by atoms with E-state index in [9.17, 15) is 0 Å². The van der Waals surface area contributed by atoms with E-state index in [1.54, 1.807) is 0 Å². The van der Waals surface area contributed by atoms with Gasteiger partial charge in [0.05, 0.1) is 6.04 Å². The predicted molar refractivity (Wildman–Crippen MR) is 62.1 cm³/mol. The quantitative estimate of drug-likeness (QED) is 0.855. The number of hydrogen-bond donors (Lipinski definition) is 1. The molecule has 4 heteroatoms. The van der Waals surface area contributed by atoms with E-state index < -0.39 is 0 Å². The molecule has 1 aromatic rings. The number of hydrogen-bond acceptors (Lipinski definition) is 4. The molecule has 2 heterocycles. The van der Waals surface area contributed by atoms with Crippen LogP contribution in [0.1, 0.15) is 57.4 Å². The molecule has 2 rings (SSSR count). The third-order valence-corrected chi connectivity index (χ3v) is 2.92. The molecule has 90 valence electrons. The largest absolute Gasteiger partial charge is 0.424 e. The molecule has 0 aliphatic carbocycles. The molecule has 1 unspecified atom stereocenters. The average molecular weight is 223 g/mol. The van der Waals surface area contributed by atoms with Crippen molar-refractivity contribution >= 4 is 0 Å². The molecule has 1 aliphatic rings. The Labute approximate surface area is 96.8 Å². The highest BCUT2D eigenvalue weighted by atomic mass is 16.4. The van der Waals surface area contributed by atoms with Gasteiger partial charge in [-0.2, -0.15) is 0 Å². The summed E-state index contributed by atoms with van der Waals surface area (Å²) < 4.78 is 5.70. The van der Waals surface area contributed by atoms with Crippen LogP contribution in [0.2, 0.25) is 0 Å². The van der Waals surface area contributed by atoms with Gasteiger partial charge in [-0.1, -0.05) is 26.7 Å². The monoisotopic (exact) mass is 223 g/mol. The summed E-state index contributed by atoms with van der Waals surface area (Å²) in [6.07, 6.45) is 5.79. The van der Waals surface area contributed by atoms with Gasteiger partial charge in [0.1, 0.15) is 0 Å². The fraction of sp³-hybridized carbons (Fsp3) is 0.833. The normalized spacial score (nSPS) is 22.3. The topological polar surface area (TPSA) is 51.0 Å². The van der Waals surface area contributed by atoms with Gasteiger partial charge >= 0.3 is 0 Å². The van der Waals surface area contributed by atoms with Crippen LogP contribution in [-0.2, 0) is 6.42 Å². The molecule has 1 fully saturated rings. The summed E-state index contributed by atoms with van der Waals surface area (Å²) >= 11 is 0. The van der Waals surface area contributed by atoms with E-state index in [2.05, 4.69) is 29.4 Å². The van der Waals surface area contributed by atoms with E-state index in [0.717, 1.165) is 31.2 Å². The Bertz CT molecular complexity index is 314. The van der Waals surface area contributed by atoms with Crippen LogP contribution < -0.4 is 5.32 Å². The van der Waals surface area contributed by atoms with Gasteiger partial charge < -0.3 is 9.73 Å². The Balaban J connectivity index is 1.99. The molecule has 0 spiro atoms. The average Bonchev–Trinajstić information content (AvgIpc) is 2.53. The van der Waals surface area contributed by atoms with Gasteiger partial charge in [-0.3, -0.25) is 0 Å². The van der Waals surface area contributed by atoms with E-state index in [0.29, 0.717) is 5.92 Å². The van der Waals surface area contributed by atoms with Crippen LogP contribution in [0.25, 0.3) is 0 Å². The maximum Gasteiger partial charge on any atom is 0.233 e. The molecular weight excluding hydrogens is 202 g/mol. The zero-order valence-electron chi connectivity index (χ0n) is 10.2. The van der Waals surface area contributed by atoms with Gasteiger partial charge in [-0.15, -0.1) is 10.2 Å². The molecular formula is C12H21N3O. The van der Waals surface area contributed by atoms with E-state index in [1.165, 1.54) is 19.3 Å². The molecule has 1 N–H and O–H groups in total. The second-order valence-corrected chi connectivity index (χ2v) is 4.99. The highest BCUT2D eigenvalue weighted by Crippen LogP contribution is 2.22. The minimum atomic E-state index is 0.274. The first-order chi connectivity index (χ1) is 7.75. The molecule has 0 aromatic carbocycles. The van der Waals surface area contributed by atoms with Crippen molar-refractivity contribution in [1.29, 1.82) is 0 Å². The Morgan fingerprint density at radius 3 is 3.00 bits per heavy atom. The van der Waals surface area contributed by atoms with Crippen molar-refractivity contribution < 1.29 is 4.42 Å². The summed E-state index contributed by atoms with van der Waals surface area (Å²) in [5, 5.41) is 11.7. The third-order valence-electron chi connectivity index (χ3n) is 2.92. The van der Waals surface area contributed by atoms with Crippen LogP contribution in [-0.4, -0.2) is 16.7 Å². The summed E-state index contributed by atoms with van der Waals surface area (Å²) in [6.45, 7) is 5.38. The number of rotatable bonds is 3. The number of aromatic nitrogens is 2. The Kier molecular flexibility index (Phi) is 3.93. The van der Waals surface area contributed by atoms with Gasteiger partial charge in [0.15, 0.2) is 0 Å². The maximum atomic E-state index is 5.70. The number of nitrogens with one attached hydrogen (secondary N) is 1. The van der Waals surface area contributed by atoms with Gasteiger partial charge in [0, 0.05) is 6.42 Å². The second-order valence-electron chi connectivity index (χ2n) is 4.99. The van der Waals surface area contributed by atoms with Crippen molar-refractivity contribution in [3.8, 4) is 0 Å². The van der Waals surface area contributed by atoms with Crippen molar-refractivity contribution in [2.24, 2.45) is 5.92 Å². The van der Waals surface area contributed by atoms with Crippen LogP contribution in [0.15, 0.2) is 4.42 Å². The Morgan fingerprint density at radius 2 is 2.19 bits per heavy atom. The van der Waals surface area contributed by atoms with Gasteiger partial charge in [0.25, 0.3) is 0 Å². The van der Waals surface area contributed by atoms with Crippen molar-refractivity contribution in [3.63, 3.8) is 0 Å². The SMILES string of the molecule is CC(C)Cc1nnc(C2CCCCCN2)o1. The molecule has 0 bridgehead atoms. The van der Waals surface area contributed by atoms with Crippen molar-refractivity contribution in [3.05, 3.63) is 11.8 Å². The molecule has 0 radical (unpaired) electrons. The molecule has 1 aliphatic heterocycles. The molecule has 1 aromatic heterocycles. The van der Waals surface area contributed by atoms with Crippen LogP contribution >= 0.6 is 0 Å². The van der Waals surface area contributed by atoms with Gasteiger partial charge in [0.2, 0.25) is 11.8 Å². The maximum absolute atomic E-state index is 5.70. The lowest BCUT2D eigenvalue weighted by Crippen LogP contribution is -2.20. The van der Waals surface area contributed by atoms with Crippen LogP contribution in [0, 0.1) is 5.92 Å². The fourth-order valence-corrected chi connectivity index (χ4v) is 2.08. The zero-order chi connectivity index (χ0) is 11.4. The van der Waals surface area contributed by atoms with Crippen LogP contribution in [0.4, 0.5) is 0 Å². The fourth-order valence-electron chi connectivity index (χ4n) is 2.08. The minimum absolute atomic E-state index is 0.274.